The van der Waals surface area contributed by atoms with Crippen molar-refractivity contribution in [1.82, 2.24) is 4.98 Å². The lowest BCUT2D eigenvalue weighted by Gasteiger charge is -2.21. The molecule has 0 aliphatic heterocycles. The van der Waals surface area contributed by atoms with Crippen LogP contribution in [-0.4, -0.2) is 4.98 Å². The lowest BCUT2D eigenvalue weighted by atomic mass is 9.87. The van der Waals surface area contributed by atoms with Crippen LogP contribution in [0.3, 0.4) is 0 Å². The van der Waals surface area contributed by atoms with E-state index in [9.17, 15) is 0 Å². The Labute approximate surface area is 77.8 Å². The van der Waals surface area contributed by atoms with Crippen molar-refractivity contribution in [3.63, 3.8) is 0 Å². The molecular formula is C9H16N2S. The summed E-state index contributed by atoms with van der Waals surface area (Å²) in [6.07, 6.45) is 0.983. The van der Waals surface area contributed by atoms with Crippen LogP contribution in [0.4, 0.5) is 0 Å². The van der Waals surface area contributed by atoms with Gasteiger partial charge in [0, 0.05) is 11.4 Å². The molecule has 0 saturated heterocycles. The summed E-state index contributed by atoms with van der Waals surface area (Å²) in [5, 5.41) is 2.02. The van der Waals surface area contributed by atoms with E-state index >= 15 is 0 Å². The minimum absolute atomic E-state index is 0.0937. The van der Waals surface area contributed by atoms with Gasteiger partial charge in [0.1, 0.15) is 0 Å². The molecule has 0 aromatic carbocycles. The highest BCUT2D eigenvalue weighted by molar-refractivity contribution is 7.07. The van der Waals surface area contributed by atoms with Gasteiger partial charge in [-0.1, -0.05) is 20.8 Å². The molecule has 1 atom stereocenters. The van der Waals surface area contributed by atoms with Crippen LogP contribution >= 0.6 is 11.3 Å². The molecule has 1 heterocycles. The van der Waals surface area contributed by atoms with E-state index in [2.05, 4.69) is 25.8 Å². The van der Waals surface area contributed by atoms with Gasteiger partial charge in [-0.2, -0.15) is 0 Å². The Morgan fingerprint density at radius 2 is 2.25 bits per heavy atom. The predicted octanol–water partition coefficient (Wildman–Crippen LogP) is 2.58. The maximum Gasteiger partial charge on any atom is 0.0795 e. The number of thiazole rings is 1. The van der Waals surface area contributed by atoms with Crippen LogP contribution < -0.4 is 5.73 Å². The molecule has 68 valence electrons. The quantitative estimate of drug-likeness (QED) is 0.767. The van der Waals surface area contributed by atoms with Crippen molar-refractivity contribution in [2.75, 3.05) is 0 Å². The molecule has 0 amide bonds. The summed E-state index contributed by atoms with van der Waals surface area (Å²) in [5.41, 5.74) is 9.10. The van der Waals surface area contributed by atoms with E-state index in [0.29, 0.717) is 0 Å². The normalized spacial score (nSPS) is 14.7. The first-order valence-corrected chi connectivity index (χ1v) is 5.07. The zero-order valence-corrected chi connectivity index (χ0v) is 8.69. The molecule has 12 heavy (non-hydrogen) atoms. The van der Waals surface area contributed by atoms with E-state index in [1.807, 2.05) is 10.9 Å². The number of rotatable bonds is 2. The molecule has 0 aliphatic carbocycles. The Morgan fingerprint density at radius 1 is 1.58 bits per heavy atom. The van der Waals surface area contributed by atoms with Crippen molar-refractivity contribution < 1.29 is 0 Å². The summed E-state index contributed by atoms with van der Waals surface area (Å²) in [4.78, 5) is 4.19. The maximum atomic E-state index is 5.97. The van der Waals surface area contributed by atoms with Gasteiger partial charge in [0.2, 0.25) is 0 Å². The molecule has 0 saturated carbocycles. The summed E-state index contributed by atoms with van der Waals surface area (Å²) in [6, 6.07) is 0.0937. The Bertz CT molecular complexity index is 223. The molecule has 0 radical (unpaired) electrons. The van der Waals surface area contributed by atoms with Gasteiger partial charge < -0.3 is 5.73 Å². The molecule has 3 heteroatoms. The summed E-state index contributed by atoms with van der Waals surface area (Å²) in [6.45, 7) is 6.58. The molecule has 0 fully saturated rings. The van der Waals surface area contributed by atoms with Crippen LogP contribution in [0.1, 0.15) is 38.9 Å². The molecular weight excluding hydrogens is 168 g/mol. The third-order valence-electron chi connectivity index (χ3n) is 1.66. The Hall–Kier alpha value is -0.410. The second kappa shape index (κ2) is 3.54. The predicted molar refractivity (Wildman–Crippen MR) is 53.1 cm³/mol. The Kier molecular flexibility index (Phi) is 2.85. The van der Waals surface area contributed by atoms with E-state index in [1.165, 1.54) is 0 Å². The molecule has 2 N–H and O–H groups in total. The van der Waals surface area contributed by atoms with Crippen molar-refractivity contribution in [2.24, 2.45) is 11.1 Å². The van der Waals surface area contributed by atoms with Crippen LogP contribution in [0.25, 0.3) is 0 Å². The lowest BCUT2D eigenvalue weighted by Crippen LogP contribution is -2.18. The Morgan fingerprint density at radius 3 is 2.67 bits per heavy atom. The van der Waals surface area contributed by atoms with Crippen LogP contribution in [0, 0.1) is 5.41 Å². The number of hydrogen-bond donors (Lipinski definition) is 1. The fourth-order valence-electron chi connectivity index (χ4n) is 1.17. The molecule has 0 aliphatic rings. The summed E-state index contributed by atoms with van der Waals surface area (Å²) < 4.78 is 0. The van der Waals surface area contributed by atoms with Gasteiger partial charge in [-0.05, 0) is 11.8 Å². The number of nitrogens with zero attached hydrogens (tertiary/aromatic N) is 1. The standard InChI is InChI=1S/C9H16N2S/c1-9(2,3)4-7(10)8-5-12-6-11-8/h5-7H,4,10H2,1-3H3. The average Bonchev–Trinajstić information content (AvgIpc) is 2.32. The number of hydrogen-bond acceptors (Lipinski definition) is 3. The maximum absolute atomic E-state index is 5.97. The zero-order valence-electron chi connectivity index (χ0n) is 7.87. The zero-order chi connectivity index (χ0) is 9.19. The van der Waals surface area contributed by atoms with Crippen molar-refractivity contribution >= 4 is 11.3 Å². The second-order valence-electron chi connectivity index (χ2n) is 4.28. The van der Waals surface area contributed by atoms with Gasteiger partial charge in [0.25, 0.3) is 0 Å². The van der Waals surface area contributed by atoms with Gasteiger partial charge in [0.15, 0.2) is 0 Å². The topological polar surface area (TPSA) is 38.9 Å². The molecule has 1 aromatic heterocycles. The van der Waals surface area contributed by atoms with Gasteiger partial charge in [-0.3, -0.25) is 0 Å². The van der Waals surface area contributed by atoms with Gasteiger partial charge in [-0.25, -0.2) is 4.98 Å². The highest BCUT2D eigenvalue weighted by Crippen LogP contribution is 2.27. The van der Waals surface area contributed by atoms with Gasteiger partial charge in [0.05, 0.1) is 11.2 Å². The van der Waals surface area contributed by atoms with Crippen molar-refractivity contribution in [3.05, 3.63) is 16.6 Å². The monoisotopic (exact) mass is 184 g/mol. The molecule has 2 nitrogen and oxygen atoms in total. The first kappa shape index (κ1) is 9.68. The van der Waals surface area contributed by atoms with Crippen molar-refractivity contribution in [1.29, 1.82) is 0 Å². The first-order chi connectivity index (χ1) is 5.49. The van der Waals surface area contributed by atoms with Crippen molar-refractivity contribution in [2.45, 2.75) is 33.2 Å². The fourth-order valence-corrected chi connectivity index (χ4v) is 1.79. The summed E-state index contributed by atoms with van der Waals surface area (Å²) in [7, 11) is 0. The number of aromatic nitrogens is 1. The fraction of sp³-hybridized carbons (Fsp3) is 0.667. The van der Waals surface area contributed by atoms with Crippen molar-refractivity contribution in [3.8, 4) is 0 Å². The average molecular weight is 184 g/mol. The molecule has 0 spiro atoms. The highest BCUT2D eigenvalue weighted by atomic mass is 32.1. The first-order valence-electron chi connectivity index (χ1n) is 4.13. The van der Waals surface area contributed by atoms with E-state index in [-0.39, 0.29) is 11.5 Å². The van der Waals surface area contributed by atoms with Crippen LogP contribution in [0.15, 0.2) is 10.9 Å². The van der Waals surface area contributed by atoms with E-state index < -0.39 is 0 Å². The van der Waals surface area contributed by atoms with Crippen LogP contribution in [-0.2, 0) is 0 Å². The van der Waals surface area contributed by atoms with Gasteiger partial charge >= 0.3 is 0 Å². The largest absolute Gasteiger partial charge is 0.323 e. The highest BCUT2D eigenvalue weighted by Gasteiger charge is 2.17. The molecule has 1 unspecified atom stereocenters. The third-order valence-corrected chi connectivity index (χ3v) is 2.27. The SMILES string of the molecule is CC(C)(C)CC(N)c1cscn1. The smallest absolute Gasteiger partial charge is 0.0795 e. The minimum Gasteiger partial charge on any atom is -0.323 e. The van der Waals surface area contributed by atoms with Gasteiger partial charge in [-0.15, -0.1) is 11.3 Å². The van der Waals surface area contributed by atoms with E-state index in [1.54, 1.807) is 11.3 Å². The van der Waals surface area contributed by atoms with E-state index in [4.69, 9.17) is 5.73 Å². The molecule has 1 aromatic rings. The minimum atomic E-state index is 0.0937. The lowest BCUT2D eigenvalue weighted by molar-refractivity contribution is 0.340. The molecule has 1 rings (SSSR count). The second-order valence-corrected chi connectivity index (χ2v) is 5.00. The van der Waals surface area contributed by atoms with Crippen LogP contribution in [0.5, 0.6) is 0 Å². The Balaban J connectivity index is 2.56. The third kappa shape index (κ3) is 2.91. The number of nitrogens with two attached hydrogens (primary N) is 1. The van der Waals surface area contributed by atoms with Crippen LogP contribution in [0.2, 0.25) is 0 Å². The summed E-state index contributed by atoms with van der Waals surface area (Å²) >= 11 is 1.60. The van der Waals surface area contributed by atoms with E-state index in [0.717, 1.165) is 12.1 Å². The molecule has 0 bridgehead atoms. The summed E-state index contributed by atoms with van der Waals surface area (Å²) in [5.74, 6) is 0.